The monoisotopic (exact) mass is 465 g/mol. The van der Waals surface area contributed by atoms with Crippen molar-refractivity contribution in [3.05, 3.63) is 72.6 Å². The molecule has 1 aliphatic heterocycles. The Morgan fingerprint density at radius 1 is 1.06 bits per heavy atom. The second-order valence-electron chi connectivity index (χ2n) is 7.96. The molecule has 172 valence electrons. The van der Waals surface area contributed by atoms with Crippen LogP contribution in [0.3, 0.4) is 0 Å². The lowest BCUT2D eigenvalue weighted by molar-refractivity contribution is 0.102. The standard InChI is InChI=1S/C24H27N5O3S/c1-2-15-25-33(31,32)21-9-7-8-19(17-21)24(30)26-20-13-11-18(12-14-20)23-28-27-22-10-5-3-4-6-16-29(22)23/h2,7-9,11-14,17,25H,1,3-6,10,15-16H2,(H,26,30). The van der Waals surface area contributed by atoms with Gasteiger partial charge in [-0.2, -0.15) is 0 Å². The number of sulfonamides is 1. The molecule has 8 nitrogen and oxygen atoms in total. The van der Waals surface area contributed by atoms with Gasteiger partial charge in [-0.05, 0) is 55.3 Å². The van der Waals surface area contributed by atoms with Gasteiger partial charge in [0.15, 0.2) is 5.82 Å². The fraction of sp³-hybridized carbons (Fsp3) is 0.292. The van der Waals surface area contributed by atoms with Crippen LogP contribution in [-0.2, 0) is 23.0 Å². The Labute approximate surface area is 193 Å². The average molecular weight is 466 g/mol. The number of fused-ring (bicyclic) bond motifs is 1. The summed E-state index contributed by atoms with van der Waals surface area (Å²) in [5, 5.41) is 11.6. The molecule has 2 heterocycles. The maximum Gasteiger partial charge on any atom is 0.255 e. The van der Waals surface area contributed by atoms with Gasteiger partial charge in [0.1, 0.15) is 5.82 Å². The van der Waals surface area contributed by atoms with Crippen molar-refractivity contribution in [2.24, 2.45) is 0 Å². The fourth-order valence-corrected chi connectivity index (χ4v) is 4.88. The molecule has 0 bridgehead atoms. The van der Waals surface area contributed by atoms with Gasteiger partial charge < -0.3 is 9.88 Å². The smallest absolute Gasteiger partial charge is 0.255 e. The van der Waals surface area contributed by atoms with Crippen LogP contribution in [0, 0.1) is 0 Å². The lowest BCUT2D eigenvalue weighted by Gasteiger charge is -2.13. The van der Waals surface area contributed by atoms with Gasteiger partial charge in [0.25, 0.3) is 5.91 Å². The first-order valence-electron chi connectivity index (χ1n) is 11.0. The topological polar surface area (TPSA) is 106 Å². The average Bonchev–Trinajstić information content (AvgIpc) is 3.19. The summed E-state index contributed by atoms with van der Waals surface area (Å²) in [6.45, 7) is 4.53. The molecule has 4 rings (SSSR count). The van der Waals surface area contributed by atoms with Gasteiger partial charge in [0.05, 0.1) is 4.90 Å². The number of aromatic nitrogens is 3. The van der Waals surface area contributed by atoms with Gasteiger partial charge in [-0.25, -0.2) is 13.1 Å². The molecule has 0 saturated heterocycles. The van der Waals surface area contributed by atoms with Crippen LogP contribution in [-0.4, -0.2) is 35.6 Å². The number of hydrogen-bond donors (Lipinski definition) is 2. The van der Waals surface area contributed by atoms with E-state index in [-0.39, 0.29) is 17.0 Å². The van der Waals surface area contributed by atoms with Crippen molar-refractivity contribution < 1.29 is 13.2 Å². The zero-order valence-electron chi connectivity index (χ0n) is 18.3. The Kier molecular flexibility index (Phi) is 7.00. The Morgan fingerprint density at radius 3 is 2.64 bits per heavy atom. The predicted octanol–water partition coefficient (Wildman–Crippen LogP) is 3.78. The lowest BCUT2D eigenvalue weighted by Crippen LogP contribution is -2.24. The third-order valence-corrected chi connectivity index (χ3v) is 7.01. The fourth-order valence-electron chi connectivity index (χ4n) is 3.84. The largest absolute Gasteiger partial charge is 0.322 e. The van der Waals surface area contributed by atoms with Crippen LogP contribution >= 0.6 is 0 Å². The summed E-state index contributed by atoms with van der Waals surface area (Å²) >= 11 is 0. The quantitative estimate of drug-likeness (QED) is 0.517. The molecular weight excluding hydrogens is 438 g/mol. The van der Waals surface area contributed by atoms with Crippen LogP contribution in [0.25, 0.3) is 11.4 Å². The number of benzene rings is 2. The highest BCUT2D eigenvalue weighted by Gasteiger charge is 2.17. The van der Waals surface area contributed by atoms with E-state index in [0.29, 0.717) is 5.69 Å². The number of amides is 1. The Balaban J connectivity index is 1.48. The third-order valence-electron chi connectivity index (χ3n) is 5.58. The summed E-state index contributed by atoms with van der Waals surface area (Å²) < 4.78 is 29.2. The van der Waals surface area contributed by atoms with Crippen LogP contribution in [0.1, 0.15) is 41.9 Å². The highest BCUT2D eigenvalue weighted by molar-refractivity contribution is 7.89. The molecule has 3 aromatic rings. The van der Waals surface area contributed by atoms with E-state index in [1.54, 1.807) is 12.1 Å². The molecular formula is C24H27N5O3S. The number of nitrogens with zero attached hydrogens (tertiary/aromatic N) is 3. The van der Waals surface area contributed by atoms with Crippen LogP contribution in [0.15, 0.2) is 66.1 Å². The Bertz CT molecular complexity index is 1250. The first-order chi connectivity index (χ1) is 16.0. The van der Waals surface area contributed by atoms with Gasteiger partial charge in [-0.3, -0.25) is 4.79 Å². The van der Waals surface area contributed by atoms with E-state index in [2.05, 4.69) is 31.4 Å². The van der Waals surface area contributed by atoms with Gasteiger partial charge in [0, 0.05) is 36.3 Å². The number of anilines is 1. The molecule has 0 aliphatic carbocycles. The molecule has 1 aliphatic rings. The molecule has 9 heteroatoms. The first kappa shape index (κ1) is 22.9. The Hall–Kier alpha value is -3.30. The molecule has 0 radical (unpaired) electrons. The van der Waals surface area contributed by atoms with Crippen LogP contribution < -0.4 is 10.0 Å². The number of carbonyl (C=O) groups is 1. The van der Waals surface area contributed by atoms with Crippen molar-refractivity contribution >= 4 is 21.6 Å². The summed E-state index contributed by atoms with van der Waals surface area (Å²) in [6.07, 6.45) is 7.10. The van der Waals surface area contributed by atoms with Crippen LogP contribution in [0.5, 0.6) is 0 Å². The van der Waals surface area contributed by atoms with Crippen molar-refractivity contribution in [2.75, 3.05) is 11.9 Å². The molecule has 0 saturated carbocycles. The number of aryl methyl sites for hydroxylation is 1. The zero-order chi connectivity index (χ0) is 23.3. The van der Waals surface area contributed by atoms with Gasteiger partial charge in [0.2, 0.25) is 10.0 Å². The van der Waals surface area contributed by atoms with E-state index in [1.807, 2.05) is 24.3 Å². The summed E-state index contributed by atoms with van der Waals surface area (Å²) in [4.78, 5) is 12.7. The van der Waals surface area contributed by atoms with E-state index < -0.39 is 15.9 Å². The number of rotatable bonds is 7. The predicted molar refractivity (Wildman–Crippen MR) is 127 cm³/mol. The van der Waals surface area contributed by atoms with Crippen LogP contribution in [0.4, 0.5) is 5.69 Å². The normalized spacial score (nSPS) is 14.1. The summed E-state index contributed by atoms with van der Waals surface area (Å²) in [6, 6.07) is 13.3. The molecule has 33 heavy (non-hydrogen) atoms. The summed E-state index contributed by atoms with van der Waals surface area (Å²) in [5.74, 6) is 1.48. The minimum absolute atomic E-state index is 0.0237. The molecule has 0 atom stereocenters. The molecule has 1 amide bonds. The molecule has 2 N–H and O–H groups in total. The maximum atomic E-state index is 12.7. The number of carbonyl (C=O) groups excluding carboxylic acids is 1. The number of nitrogens with one attached hydrogen (secondary N) is 2. The highest BCUT2D eigenvalue weighted by atomic mass is 32.2. The van der Waals surface area contributed by atoms with Gasteiger partial charge >= 0.3 is 0 Å². The van der Waals surface area contributed by atoms with Crippen molar-refractivity contribution in [2.45, 2.75) is 43.5 Å². The lowest BCUT2D eigenvalue weighted by atomic mass is 10.1. The second-order valence-corrected chi connectivity index (χ2v) is 9.72. The van der Waals surface area contributed by atoms with Crippen molar-refractivity contribution in [1.29, 1.82) is 0 Å². The molecule has 0 fully saturated rings. The van der Waals surface area contributed by atoms with E-state index in [9.17, 15) is 13.2 Å². The molecule has 1 aromatic heterocycles. The van der Waals surface area contributed by atoms with Crippen molar-refractivity contribution in [3.8, 4) is 11.4 Å². The zero-order valence-corrected chi connectivity index (χ0v) is 19.1. The number of hydrogen-bond acceptors (Lipinski definition) is 5. The van der Waals surface area contributed by atoms with Gasteiger partial charge in [-0.15, -0.1) is 16.8 Å². The molecule has 2 aromatic carbocycles. The van der Waals surface area contributed by atoms with E-state index in [1.165, 1.54) is 31.1 Å². The SMILES string of the molecule is C=CCNS(=O)(=O)c1cccc(C(=O)Nc2ccc(-c3nnc4n3CCCCCC4)cc2)c1. The van der Waals surface area contributed by atoms with Crippen molar-refractivity contribution in [1.82, 2.24) is 19.5 Å². The van der Waals surface area contributed by atoms with E-state index in [0.717, 1.165) is 43.0 Å². The van der Waals surface area contributed by atoms with Crippen LogP contribution in [0.2, 0.25) is 0 Å². The minimum atomic E-state index is -3.71. The molecule has 0 spiro atoms. The van der Waals surface area contributed by atoms with E-state index in [4.69, 9.17) is 0 Å². The second kappa shape index (κ2) is 10.1. The summed E-state index contributed by atoms with van der Waals surface area (Å²) in [5.41, 5.74) is 1.79. The first-order valence-corrected chi connectivity index (χ1v) is 12.5. The highest BCUT2D eigenvalue weighted by Crippen LogP contribution is 2.24. The third kappa shape index (κ3) is 5.37. The van der Waals surface area contributed by atoms with E-state index >= 15 is 0 Å². The Morgan fingerprint density at radius 2 is 1.85 bits per heavy atom. The molecule has 0 unspecified atom stereocenters. The van der Waals surface area contributed by atoms with Gasteiger partial charge in [-0.1, -0.05) is 25.0 Å². The van der Waals surface area contributed by atoms with Crippen molar-refractivity contribution in [3.63, 3.8) is 0 Å². The minimum Gasteiger partial charge on any atom is -0.322 e. The summed E-state index contributed by atoms with van der Waals surface area (Å²) in [7, 11) is -3.71. The maximum absolute atomic E-state index is 12.7.